The number of rotatable bonds is 6. The molecule has 1 aliphatic rings. The van der Waals surface area contributed by atoms with Gasteiger partial charge in [0, 0.05) is 12.1 Å². The first-order chi connectivity index (χ1) is 14.7. The molecule has 156 valence electrons. The highest BCUT2D eigenvalue weighted by atomic mass is 16.6. The zero-order valence-electron chi connectivity index (χ0n) is 17.2. The van der Waals surface area contributed by atoms with Crippen molar-refractivity contribution in [2.75, 3.05) is 19.7 Å². The molecular weight excluding hydrogens is 380 g/mol. The normalized spacial score (nSPS) is 15.7. The van der Waals surface area contributed by atoms with Crippen LogP contribution in [0, 0.1) is 6.92 Å². The van der Waals surface area contributed by atoms with E-state index in [0.717, 1.165) is 29.4 Å². The largest absolute Gasteiger partial charge is 0.486 e. The Bertz CT molecular complexity index is 998. The van der Waals surface area contributed by atoms with Crippen LogP contribution in [0.5, 0.6) is 11.5 Å². The number of ether oxygens (including phenoxy) is 2. The zero-order valence-corrected chi connectivity index (χ0v) is 17.2. The maximum absolute atomic E-state index is 5.98. The Morgan fingerprint density at radius 2 is 1.90 bits per heavy atom. The van der Waals surface area contributed by atoms with Crippen LogP contribution in [-0.4, -0.2) is 36.7 Å². The minimum Gasteiger partial charge on any atom is -0.486 e. The Labute approximate surface area is 176 Å². The number of hydrogen-bond acceptors (Lipinski definition) is 5. The molecule has 1 aromatic heterocycles. The summed E-state index contributed by atoms with van der Waals surface area (Å²) in [5.41, 5.74) is 2.21. The molecule has 0 bridgehead atoms. The van der Waals surface area contributed by atoms with E-state index in [9.17, 15) is 0 Å². The number of hydrogen-bond donors (Lipinski definition) is 2. The average Bonchev–Trinajstić information content (AvgIpc) is 3.25. The standard InChI is InChI=1S/C23H26N4O3/c1-3-24-23(26-12-18-15-28-19-6-4-5-7-20(19)29-18)27-14-22-25-13-21(30-22)17-10-8-16(2)9-11-17/h4-11,13,18H,3,12,14-15H2,1-2H3,(H2,24,26,27). The highest BCUT2D eigenvalue weighted by Gasteiger charge is 2.20. The molecule has 30 heavy (non-hydrogen) atoms. The molecule has 0 saturated heterocycles. The topological polar surface area (TPSA) is 80.9 Å². The van der Waals surface area contributed by atoms with Crippen molar-refractivity contribution in [3.8, 4) is 22.8 Å². The molecule has 0 amide bonds. The lowest BCUT2D eigenvalue weighted by atomic mass is 10.1. The number of guanidine groups is 1. The van der Waals surface area contributed by atoms with Crippen LogP contribution < -0.4 is 20.1 Å². The van der Waals surface area contributed by atoms with E-state index in [1.807, 2.05) is 43.3 Å². The van der Waals surface area contributed by atoms with Gasteiger partial charge in [-0.2, -0.15) is 0 Å². The van der Waals surface area contributed by atoms with E-state index in [1.54, 1.807) is 6.20 Å². The summed E-state index contributed by atoms with van der Waals surface area (Å²) in [5, 5.41) is 6.53. The van der Waals surface area contributed by atoms with Crippen LogP contribution in [0.1, 0.15) is 18.4 Å². The molecule has 1 aliphatic heterocycles. The highest BCUT2D eigenvalue weighted by Crippen LogP contribution is 2.30. The second-order valence-electron chi connectivity index (χ2n) is 7.06. The Morgan fingerprint density at radius 1 is 1.10 bits per heavy atom. The van der Waals surface area contributed by atoms with Crippen LogP contribution in [-0.2, 0) is 6.54 Å². The fourth-order valence-electron chi connectivity index (χ4n) is 3.10. The van der Waals surface area contributed by atoms with Gasteiger partial charge < -0.3 is 24.5 Å². The first kappa shape index (κ1) is 19.8. The van der Waals surface area contributed by atoms with Crippen LogP contribution in [0.25, 0.3) is 11.3 Å². The Balaban J connectivity index is 1.34. The van der Waals surface area contributed by atoms with Gasteiger partial charge in [-0.25, -0.2) is 9.98 Å². The summed E-state index contributed by atoms with van der Waals surface area (Å²) in [4.78, 5) is 8.92. The van der Waals surface area contributed by atoms with E-state index in [4.69, 9.17) is 13.9 Å². The summed E-state index contributed by atoms with van der Waals surface area (Å²) < 4.78 is 17.6. The number of oxazole rings is 1. The van der Waals surface area contributed by atoms with Crippen LogP contribution in [0.2, 0.25) is 0 Å². The lowest BCUT2D eigenvalue weighted by Crippen LogP contribution is -2.45. The van der Waals surface area contributed by atoms with Crippen molar-refractivity contribution in [2.24, 2.45) is 4.99 Å². The molecule has 0 fully saturated rings. The molecule has 3 aromatic rings. The van der Waals surface area contributed by atoms with Crippen molar-refractivity contribution in [3.05, 3.63) is 66.2 Å². The van der Waals surface area contributed by atoms with E-state index in [2.05, 4.69) is 39.7 Å². The molecular formula is C23H26N4O3. The maximum atomic E-state index is 5.98. The van der Waals surface area contributed by atoms with Crippen LogP contribution in [0.3, 0.4) is 0 Å². The summed E-state index contributed by atoms with van der Waals surface area (Å²) in [6.45, 7) is 6.23. The molecule has 4 rings (SSSR count). The summed E-state index contributed by atoms with van der Waals surface area (Å²) in [7, 11) is 0. The number of aromatic nitrogens is 1. The van der Waals surface area contributed by atoms with E-state index >= 15 is 0 Å². The number of para-hydroxylation sites is 2. The predicted octanol–water partition coefficient (Wildman–Crippen LogP) is 3.55. The van der Waals surface area contributed by atoms with Crippen molar-refractivity contribution in [3.63, 3.8) is 0 Å². The molecule has 2 heterocycles. The van der Waals surface area contributed by atoms with Gasteiger partial charge in [-0.05, 0) is 26.0 Å². The summed E-state index contributed by atoms with van der Waals surface area (Å²) >= 11 is 0. The second-order valence-corrected chi connectivity index (χ2v) is 7.06. The number of nitrogens with one attached hydrogen (secondary N) is 2. The molecule has 1 atom stereocenters. The molecule has 7 heteroatoms. The van der Waals surface area contributed by atoms with Gasteiger partial charge in [-0.1, -0.05) is 42.0 Å². The van der Waals surface area contributed by atoms with Crippen molar-refractivity contribution in [2.45, 2.75) is 26.5 Å². The summed E-state index contributed by atoms with van der Waals surface area (Å²) in [5.74, 6) is 3.53. The van der Waals surface area contributed by atoms with Gasteiger partial charge in [0.05, 0.1) is 12.7 Å². The lowest BCUT2D eigenvalue weighted by molar-refractivity contribution is 0.0936. The van der Waals surface area contributed by atoms with Crippen LogP contribution >= 0.6 is 0 Å². The molecule has 7 nitrogen and oxygen atoms in total. The zero-order chi connectivity index (χ0) is 20.8. The van der Waals surface area contributed by atoms with Crippen molar-refractivity contribution >= 4 is 5.96 Å². The third-order valence-corrected chi connectivity index (χ3v) is 4.67. The Morgan fingerprint density at radius 3 is 2.70 bits per heavy atom. The van der Waals surface area contributed by atoms with Crippen LogP contribution in [0.15, 0.2) is 64.1 Å². The molecule has 1 unspecified atom stereocenters. The Kier molecular flexibility index (Phi) is 6.17. The number of aliphatic imine (C=N–C) groups is 1. The van der Waals surface area contributed by atoms with E-state index in [1.165, 1.54) is 5.56 Å². The van der Waals surface area contributed by atoms with Gasteiger partial charge in [-0.3, -0.25) is 0 Å². The Hall–Kier alpha value is -3.48. The van der Waals surface area contributed by atoms with Gasteiger partial charge in [0.15, 0.2) is 23.2 Å². The monoisotopic (exact) mass is 406 g/mol. The fraction of sp³-hybridized carbons (Fsp3) is 0.304. The van der Waals surface area contributed by atoms with Gasteiger partial charge >= 0.3 is 0 Å². The van der Waals surface area contributed by atoms with E-state index in [0.29, 0.717) is 31.5 Å². The third kappa shape index (κ3) is 4.92. The minimum atomic E-state index is -0.0985. The number of fused-ring (bicyclic) bond motifs is 1. The molecule has 0 aliphatic carbocycles. The van der Waals surface area contributed by atoms with Gasteiger partial charge in [0.2, 0.25) is 5.89 Å². The minimum absolute atomic E-state index is 0.0985. The van der Waals surface area contributed by atoms with Gasteiger partial charge in [0.1, 0.15) is 19.3 Å². The third-order valence-electron chi connectivity index (χ3n) is 4.67. The SMILES string of the molecule is CCNC(=NCc1ncc(-c2ccc(C)cc2)o1)NCC1COc2ccccc2O1. The van der Waals surface area contributed by atoms with Gasteiger partial charge in [-0.15, -0.1) is 0 Å². The van der Waals surface area contributed by atoms with Crippen molar-refractivity contribution < 1.29 is 13.9 Å². The quantitative estimate of drug-likeness (QED) is 0.481. The summed E-state index contributed by atoms with van der Waals surface area (Å²) in [6, 6.07) is 15.9. The number of nitrogens with zero attached hydrogens (tertiary/aromatic N) is 2. The average molecular weight is 406 g/mol. The summed E-state index contributed by atoms with van der Waals surface area (Å²) in [6.07, 6.45) is 1.64. The maximum Gasteiger partial charge on any atom is 0.216 e. The lowest BCUT2D eigenvalue weighted by Gasteiger charge is -2.27. The molecule has 2 aromatic carbocycles. The molecule has 0 radical (unpaired) electrons. The number of aryl methyl sites for hydroxylation is 1. The van der Waals surface area contributed by atoms with E-state index in [-0.39, 0.29) is 6.10 Å². The highest BCUT2D eigenvalue weighted by molar-refractivity contribution is 5.79. The van der Waals surface area contributed by atoms with Gasteiger partial charge in [0.25, 0.3) is 0 Å². The molecule has 0 saturated carbocycles. The molecule has 0 spiro atoms. The smallest absolute Gasteiger partial charge is 0.216 e. The first-order valence-corrected chi connectivity index (χ1v) is 10.1. The first-order valence-electron chi connectivity index (χ1n) is 10.1. The van der Waals surface area contributed by atoms with Crippen molar-refractivity contribution in [1.29, 1.82) is 0 Å². The number of benzene rings is 2. The fourth-order valence-corrected chi connectivity index (χ4v) is 3.10. The van der Waals surface area contributed by atoms with Crippen LogP contribution in [0.4, 0.5) is 0 Å². The van der Waals surface area contributed by atoms with E-state index < -0.39 is 0 Å². The second kappa shape index (κ2) is 9.35. The molecule has 2 N–H and O–H groups in total. The predicted molar refractivity (Wildman–Crippen MR) is 116 cm³/mol. The van der Waals surface area contributed by atoms with Crippen molar-refractivity contribution in [1.82, 2.24) is 15.6 Å².